The fourth-order valence-corrected chi connectivity index (χ4v) is 5.79. The molecule has 2 aromatic heterocycles. The summed E-state index contributed by atoms with van der Waals surface area (Å²) < 4.78 is 25.6. The van der Waals surface area contributed by atoms with Gasteiger partial charge >= 0.3 is 0 Å². The van der Waals surface area contributed by atoms with E-state index in [1.54, 1.807) is 35.9 Å². The van der Waals surface area contributed by atoms with Crippen LogP contribution in [0.25, 0.3) is 20.7 Å². The van der Waals surface area contributed by atoms with Gasteiger partial charge in [-0.15, -0.1) is 11.3 Å². The Morgan fingerprint density at radius 3 is 2.62 bits per heavy atom. The van der Waals surface area contributed by atoms with E-state index in [1.165, 1.54) is 17.7 Å². The quantitative estimate of drug-likeness (QED) is 0.215. The van der Waals surface area contributed by atoms with E-state index in [2.05, 4.69) is 50.5 Å². The molecule has 3 aromatic carbocycles. The van der Waals surface area contributed by atoms with Crippen LogP contribution in [0.1, 0.15) is 11.1 Å². The summed E-state index contributed by atoms with van der Waals surface area (Å²) in [5, 5.41) is 3.82. The normalized spacial score (nSPS) is 14.0. The van der Waals surface area contributed by atoms with Crippen molar-refractivity contribution in [3.8, 4) is 16.2 Å². The Bertz CT molecular complexity index is 1590. The molecule has 5 aromatic rings. The fraction of sp³-hybridized carbons (Fsp3) is 0.200. The third-order valence-corrected chi connectivity index (χ3v) is 8.01. The van der Waals surface area contributed by atoms with Crippen LogP contribution in [0, 0.1) is 5.82 Å². The number of thiophene rings is 1. The Balaban J connectivity index is 1.16. The molecule has 0 radical (unpaired) electrons. The minimum Gasteiger partial charge on any atom is -0.487 e. The van der Waals surface area contributed by atoms with Crippen molar-refractivity contribution >= 4 is 44.7 Å². The molecule has 0 unspecified atom stereocenters. The van der Waals surface area contributed by atoms with E-state index in [9.17, 15) is 4.39 Å². The molecular weight excluding hydrogens is 535 g/mol. The number of hydrogen-bond donors (Lipinski definition) is 1. The van der Waals surface area contributed by atoms with E-state index in [0.717, 1.165) is 64.8 Å². The van der Waals surface area contributed by atoms with Gasteiger partial charge in [0.25, 0.3) is 0 Å². The zero-order valence-corrected chi connectivity index (χ0v) is 22.6. The Hall–Kier alpha value is -3.56. The van der Waals surface area contributed by atoms with Crippen LogP contribution >= 0.6 is 22.9 Å². The van der Waals surface area contributed by atoms with Crippen LogP contribution in [0.5, 0.6) is 5.75 Å². The highest BCUT2D eigenvalue weighted by Crippen LogP contribution is 2.37. The largest absolute Gasteiger partial charge is 0.487 e. The van der Waals surface area contributed by atoms with Gasteiger partial charge in [-0.2, -0.15) is 0 Å². The summed E-state index contributed by atoms with van der Waals surface area (Å²) >= 11 is 8.14. The standard InChI is InChI=1S/C30H26ClFN4O2S/c31-25-15-24(8-9-27(25)38-18-21-2-1-3-23(32)14-21)35-30-29-26(33-19-34-30)16-28(39-29)22-6-4-20(5-7-22)17-36-10-12-37-13-11-36/h1-9,14-16,19H,10-13,17-18H2,(H,33,34,35). The second-order valence-electron chi connectivity index (χ2n) is 9.32. The Labute approximate surface area is 235 Å². The maximum absolute atomic E-state index is 13.4. The lowest BCUT2D eigenvalue weighted by Crippen LogP contribution is -2.35. The van der Waals surface area contributed by atoms with Crippen LogP contribution in [0.2, 0.25) is 5.02 Å². The number of hydrogen-bond acceptors (Lipinski definition) is 7. The highest BCUT2D eigenvalue weighted by molar-refractivity contribution is 7.22. The molecule has 1 N–H and O–H groups in total. The molecule has 0 aliphatic carbocycles. The summed E-state index contributed by atoms with van der Waals surface area (Å²) in [5.41, 5.74) is 4.84. The molecule has 0 saturated carbocycles. The van der Waals surface area contributed by atoms with Gasteiger partial charge in [-0.1, -0.05) is 48.0 Å². The van der Waals surface area contributed by atoms with Gasteiger partial charge in [0.1, 0.15) is 24.5 Å². The van der Waals surface area contributed by atoms with Crippen molar-refractivity contribution in [2.75, 3.05) is 31.6 Å². The fourth-order valence-electron chi connectivity index (χ4n) is 4.50. The molecule has 6 nitrogen and oxygen atoms in total. The summed E-state index contributed by atoms with van der Waals surface area (Å²) in [6, 6.07) is 22.6. The number of fused-ring (bicyclic) bond motifs is 1. The highest BCUT2D eigenvalue weighted by atomic mass is 35.5. The van der Waals surface area contributed by atoms with E-state index in [-0.39, 0.29) is 12.4 Å². The number of rotatable bonds is 8. The molecule has 1 aliphatic rings. The van der Waals surface area contributed by atoms with Gasteiger partial charge in [0.15, 0.2) is 5.82 Å². The van der Waals surface area contributed by atoms with Gasteiger partial charge in [-0.05, 0) is 53.1 Å². The lowest BCUT2D eigenvalue weighted by atomic mass is 10.1. The first-order chi connectivity index (χ1) is 19.1. The number of nitrogens with one attached hydrogen (secondary N) is 1. The van der Waals surface area contributed by atoms with Gasteiger partial charge in [-0.3, -0.25) is 4.90 Å². The second kappa shape index (κ2) is 11.7. The number of anilines is 2. The Morgan fingerprint density at radius 1 is 0.974 bits per heavy atom. The Kier molecular flexibility index (Phi) is 7.69. The highest BCUT2D eigenvalue weighted by Gasteiger charge is 2.14. The molecule has 0 amide bonds. The molecular formula is C30H26ClFN4O2S. The monoisotopic (exact) mass is 560 g/mol. The predicted molar refractivity (Wildman–Crippen MR) is 154 cm³/mol. The maximum atomic E-state index is 13.4. The van der Waals surface area contributed by atoms with Crippen LogP contribution in [0.15, 0.2) is 79.1 Å². The van der Waals surface area contributed by atoms with Crippen LogP contribution in [-0.4, -0.2) is 41.2 Å². The molecule has 0 spiro atoms. The van der Waals surface area contributed by atoms with Gasteiger partial charge < -0.3 is 14.8 Å². The minimum absolute atomic E-state index is 0.225. The number of aromatic nitrogens is 2. The second-order valence-corrected chi connectivity index (χ2v) is 10.8. The van der Waals surface area contributed by atoms with Gasteiger partial charge in [0.05, 0.1) is 28.5 Å². The van der Waals surface area contributed by atoms with Gasteiger partial charge in [0.2, 0.25) is 0 Å². The van der Waals surface area contributed by atoms with Crippen molar-refractivity contribution in [3.05, 3.63) is 101 Å². The first-order valence-electron chi connectivity index (χ1n) is 12.7. The van der Waals surface area contributed by atoms with Crippen molar-refractivity contribution in [1.29, 1.82) is 0 Å². The van der Waals surface area contributed by atoms with Gasteiger partial charge in [0, 0.05) is 30.2 Å². The van der Waals surface area contributed by atoms with Crippen molar-refractivity contribution in [3.63, 3.8) is 0 Å². The lowest BCUT2D eigenvalue weighted by Gasteiger charge is -2.26. The van der Waals surface area contributed by atoms with Gasteiger partial charge in [-0.25, -0.2) is 14.4 Å². The molecule has 9 heteroatoms. The van der Waals surface area contributed by atoms with Crippen LogP contribution < -0.4 is 10.1 Å². The summed E-state index contributed by atoms with van der Waals surface area (Å²) in [4.78, 5) is 12.5. The maximum Gasteiger partial charge on any atom is 0.151 e. The molecule has 0 bridgehead atoms. The van der Waals surface area contributed by atoms with Crippen molar-refractivity contribution in [2.24, 2.45) is 0 Å². The molecule has 6 rings (SSSR count). The number of benzene rings is 3. The number of ether oxygens (including phenoxy) is 2. The smallest absolute Gasteiger partial charge is 0.151 e. The zero-order chi connectivity index (χ0) is 26.6. The molecule has 39 heavy (non-hydrogen) atoms. The summed E-state index contributed by atoms with van der Waals surface area (Å²) in [7, 11) is 0. The minimum atomic E-state index is -0.296. The molecule has 1 fully saturated rings. The number of nitrogens with zero attached hydrogens (tertiary/aromatic N) is 3. The first-order valence-corrected chi connectivity index (χ1v) is 13.9. The van der Waals surface area contributed by atoms with E-state index < -0.39 is 0 Å². The first kappa shape index (κ1) is 25.7. The van der Waals surface area contributed by atoms with Crippen LogP contribution in [-0.2, 0) is 17.9 Å². The zero-order valence-electron chi connectivity index (χ0n) is 21.1. The average Bonchev–Trinajstić information content (AvgIpc) is 3.39. The van der Waals surface area contributed by atoms with Crippen LogP contribution in [0.4, 0.5) is 15.9 Å². The number of morpholine rings is 1. The van der Waals surface area contributed by atoms with E-state index in [4.69, 9.17) is 21.1 Å². The summed E-state index contributed by atoms with van der Waals surface area (Å²) in [5.74, 6) is 0.940. The van der Waals surface area contributed by atoms with Crippen molar-refractivity contribution in [2.45, 2.75) is 13.2 Å². The molecule has 1 saturated heterocycles. The third kappa shape index (κ3) is 6.20. The molecule has 3 heterocycles. The van der Waals surface area contributed by atoms with E-state index >= 15 is 0 Å². The third-order valence-electron chi connectivity index (χ3n) is 6.54. The average molecular weight is 561 g/mol. The molecule has 0 atom stereocenters. The van der Waals surface area contributed by atoms with E-state index in [1.807, 2.05) is 12.1 Å². The van der Waals surface area contributed by atoms with Crippen molar-refractivity contribution < 1.29 is 13.9 Å². The SMILES string of the molecule is Fc1cccc(COc2ccc(Nc3ncnc4cc(-c5ccc(CN6CCOCC6)cc5)sc34)cc2Cl)c1. The topological polar surface area (TPSA) is 59.5 Å². The van der Waals surface area contributed by atoms with E-state index in [0.29, 0.717) is 16.6 Å². The van der Waals surface area contributed by atoms with Crippen molar-refractivity contribution in [1.82, 2.24) is 14.9 Å². The summed E-state index contributed by atoms with van der Waals surface area (Å²) in [6.45, 7) is 4.72. The Morgan fingerprint density at radius 2 is 1.82 bits per heavy atom. The molecule has 198 valence electrons. The lowest BCUT2D eigenvalue weighted by molar-refractivity contribution is 0.0342. The van der Waals surface area contributed by atoms with Crippen LogP contribution in [0.3, 0.4) is 0 Å². The number of halogens is 2. The predicted octanol–water partition coefficient (Wildman–Crippen LogP) is 7.31. The molecule has 1 aliphatic heterocycles. The summed E-state index contributed by atoms with van der Waals surface area (Å²) in [6.07, 6.45) is 1.56.